The molecule has 0 radical (unpaired) electrons. The molecule has 174 valence electrons. The number of para-hydroxylation sites is 1. The molecule has 0 aromatic heterocycles. The van der Waals surface area contributed by atoms with Crippen LogP contribution >= 0.6 is 0 Å². The first kappa shape index (κ1) is 24.0. The first-order chi connectivity index (χ1) is 15.2. The lowest BCUT2D eigenvalue weighted by molar-refractivity contribution is 0.0417. The summed E-state index contributed by atoms with van der Waals surface area (Å²) < 4.78 is 47.7. The number of aliphatic hydroxyl groups excluding tert-OH is 1. The number of rotatable bonds is 7. The van der Waals surface area contributed by atoms with Crippen molar-refractivity contribution in [1.82, 2.24) is 10.2 Å². The number of halogens is 1. The number of hydrogen-bond donors (Lipinski definition) is 3. The molecule has 0 saturated carbocycles. The molecule has 0 bridgehead atoms. The van der Waals surface area contributed by atoms with E-state index in [1.54, 1.807) is 31.0 Å². The molecule has 0 unspecified atom stereocenters. The predicted molar refractivity (Wildman–Crippen MR) is 119 cm³/mol. The number of sulfonamides is 1. The first-order valence-electron chi connectivity index (χ1n) is 10.3. The molecular weight excluding hydrogens is 437 g/mol. The lowest BCUT2D eigenvalue weighted by Crippen LogP contribution is -2.49. The minimum absolute atomic E-state index is 0.102. The van der Waals surface area contributed by atoms with Crippen molar-refractivity contribution >= 4 is 21.6 Å². The van der Waals surface area contributed by atoms with E-state index in [9.17, 15) is 22.7 Å². The minimum atomic E-state index is -4.06. The highest BCUT2D eigenvalue weighted by atomic mass is 32.2. The fraction of sp³-hybridized carbons (Fsp3) is 0.409. The van der Waals surface area contributed by atoms with Gasteiger partial charge in [-0.3, -0.25) is 9.52 Å². The molecule has 1 amide bonds. The van der Waals surface area contributed by atoms with Gasteiger partial charge in [-0.1, -0.05) is 13.0 Å². The molecule has 8 nitrogen and oxygen atoms in total. The summed E-state index contributed by atoms with van der Waals surface area (Å²) in [5.74, 6) is -0.899. The Morgan fingerprint density at radius 2 is 1.94 bits per heavy atom. The van der Waals surface area contributed by atoms with Gasteiger partial charge in [0, 0.05) is 19.0 Å². The topological polar surface area (TPSA) is 108 Å². The monoisotopic (exact) mass is 465 g/mol. The van der Waals surface area contributed by atoms with E-state index in [1.165, 1.54) is 6.07 Å². The first-order valence-corrected chi connectivity index (χ1v) is 11.8. The molecule has 2 aromatic carbocycles. The van der Waals surface area contributed by atoms with Crippen LogP contribution in [0, 0.1) is 11.7 Å². The predicted octanol–water partition coefficient (Wildman–Crippen LogP) is 2.07. The molecule has 0 saturated heterocycles. The average molecular weight is 466 g/mol. The molecule has 1 aliphatic rings. The van der Waals surface area contributed by atoms with E-state index >= 15 is 0 Å². The lowest BCUT2D eigenvalue weighted by atomic mass is 9.99. The van der Waals surface area contributed by atoms with Crippen molar-refractivity contribution in [3.63, 3.8) is 0 Å². The van der Waals surface area contributed by atoms with E-state index in [-0.39, 0.29) is 46.4 Å². The number of benzene rings is 2. The fourth-order valence-corrected chi connectivity index (χ4v) is 4.65. The zero-order valence-electron chi connectivity index (χ0n) is 18.2. The van der Waals surface area contributed by atoms with Crippen LogP contribution in [-0.4, -0.2) is 63.2 Å². The van der Waals surface area contributed by atoms with E-state index in [1.807, 2.05) is 6.92 Å². The summed E-state index contributed by atoms with van der Waals surface area (Å²) >= 11 is 0. The Morgan fingerprint density at radius 1 is 1.25 bits per heavy atom. The second-order valence-electron chi connectivity index (χ2n) is 7.92. The number of carbonyl (C=O) groups is 1. The van der Waals surface area contributed by atoms with Crippen molar-refractivity contribution in [1.29, 1.82) is 0 Å². The number of hydrogen-bond acceptors (Lipinski definition) is 6. The van der Waals surface area contributed by atoms with Gasteiger partial charge in [-0.25, -0.2) is 12.8 Å². The molecule has 3 N–H and O–H groups in total. The molecule has 3 rings (SSSR count). The Balaban J connectivity index is 2.08. The third-order valence-electron chi connectivity index (χ3n) is 5.46. The highest BCUT2D eigenvalue weighted by Gasteiger charge is 2.34. The highest BCUT2D eigenvalue weighted by Crippen LogP contribution is 2.35. The van der Waals surface area contributed by atoms with Gasteiger partial charge >= 0.3 is 0 Å². The summed E-state index contributed by atoms with van der Waals surface area (Å²) in [4.78, 5) is 14.8. The van der Waals surface area contributed by atoms with Gasteiger partial charge in [0.1, 0.15) is 11.9 Å². The molecule has 1 aliphatic heterocycles. The summed E-state index contributed by atoms with van der Waals surface area (Å²) in [5.41, 5.74) is 0.296. The molecule has 3 atom stereocenters. The normalized spacial score (nSPS) is 20.0. The van der Waals surface area contributed by atoms with Gasteiger partial charge in [0.15, 0.2) is 5.75 Å². The zero-order chi connectivity index (χ0) is 23.5. The molecule has 10 heteroatoms. The van der Waals surface area contributed by atoms with Crippen LogP contribution in [-0.2, 0) is 10.0 Å². The number of aliphatic hydroxyl groups is 1. The van der Waals surface area contributed by atoms with E-state index in [0.717, 1.165) is 24.3 Å². The molecule has 1 heterocycles. The SMILES string of the molecule is CNC[C@@H]1Oc2c(NS(=O)(=O)c3ccc(F)cc3)cccc2C(=O)N([C@H](C)CO)C[C@@H]1C. The molecule has 0 spiro atoms. The second kappa shape index (κ2) is 9.85. The standard InChI is InChI=1S/C22H28FN3O5S/c1-14-12-26(15(2)13-27)22(28)18-5-4-6-19(21(18)31-20(14)11-24-3)25-32(29,30)17-9-7-16(23)8-10-17/h4-10,14-15,20,24-25,27H,11-13H2,1-3H3/t14-,15+,20-/m0/s1. The van der Waals surface area contributed by atoms with Crippen LogP contribution in [0.5, 0.6) is 5.75 Å². The summed E-state index contributed by atoms with van der Waals surface area (Å²) in [6.45, 7) is 4.32. The minimum Gasteiger partial charge on any atom is -0.486 e. The van der Waals surface area contributed by atoms with Gasteiger partial charge in [0.25, 0.3) is 15.9 Å². The van der Waals surface area contributed by atoms with Crippen molar-refractivity contribution in [2.24, 2.45) is 5.92 Å². The van der Waals surface area contributed by atoms with Crippen LogP contribution in [0.2, 0.25) is 0 Å². The van der Waals surface area contributed by atoms with E-state index in [0.29, 0.717) is 13.1 Å². The van der Waals surface area contributed by atoms with Gasteiger partial charge < -0.3 is 20.1 Å². The Hall–Kier alpha value is -2.69. The third kappa shape index (κ3) is 5.03. The maximum absolute atomic E-state index is 13.3. The number of amides is 1. The highest BCUT2D eigenvalue weighted by molar-refractivity contribution is 7.92. The number of fused-ring (bicyclic) bond motifs is 1. The van der Waals surface area contributed by atoms with E-state index in [2.05, 4.69) is 10.0 Å². The van der Waals surface area contributed by atoms with Crippen molar-refractivity contribution in [3.8, 4) is 5.75 Å². The van der Waals surface area contributed by atoms with E-state index in [4.69, 9.17) is 4.74 Å². The number of likely N-dealkylation sites (N-methyl/N-ethyl adjacent to an activating group) is 1. The fourth-order valence-electron chi connectivity index (χ4n) is 3.59. The van der Waals surface area contributed by atoms with Crippen molar-refractivity contribution < 1.29 is 27.4 Å². The van der Waals surface area contributed by atoms with Crippen LogP contribution in [0.1, 0.15) is 24.2 Å². The smallest absolute Gasteiger partial charge is 0.262 e. The van der Waals surface area contributed by atoms with Crippen LogP contribution in [0.15, 0.2) is 47.4 Å². The van der Waals surface area contributed by atoms with Gasteiger partial charge in [-0.2, -0.15) is 0 Å². The van der Waals surface area contributed by atoms with Crippen LogP contribution in [0.4, 0.5) is 10.1 Å². The van der Waals surface area contributed by atoms with Gasteiger partial charge in [0.05, 0.1) is 28.8 Å². The largest absolute Gasteiger partial charge is 0.486 e. The molecule has 2 aromatic rings. The molecular formula is C22H28FN3O5S. The number of nitrogens with one attached hydrogen (secondary N) is 2. The zero-order valence-corrected chi connectivity index (χ0v) is 19.0. The maximum atomic E-state index is 13.3. The molecule has 0 fully saturated rings. The number of carbonyl (C=O) groups excluding carboxylic acids is 1. The van der Waals surface area contributed by atoms with Crippen LogP contribution in [0.3, 0.4) is 0 Å². The van der Waals surface area contributed by atoms with Crippen LogP contribution in [0.25, 0.3) is 0 Å². The van der Waals surface area contributed by atoms with Gasteiger partial charge in [-0.05, 0) is 50.4 Å². The van der Waals surface area contributed by atoms with Crippen molar-refractivity contribution in [3.05, 3.63) is 53.8 Å². The van der Waals surface area contributed by atoms with Crippen molar-refractivity contribution in [2.75, 3.05) is 31.5 Å². The maximum Gasteiger partial charge on any atom is 0.262 e. The molecule has 0 aliphatic carbocycles. The Morgan fingerprint density at radius 3 is 2.56 bits per heavy atom. The average Bonchev–Trinajstić information content (AvgIpc) is 2.76. The third-order valence-corrected chi connectivity index (χ3v) is 6.85. The lowest BCUT2D eigenvalue weighted by Gasteiger charge is -2.37. The van der Waals surface area contributed by atoms with Crippen molar-refractivity contribution in [2.45, 2.75) is 30.9 Å². The molecule has 32 heavy (non-hydrogen) atoms. The van der Waals surface area contributed by atoms with E-state index < -0.39 is 21.9 Å². The summed E-state index contributed by atoms with van der Waals surface area (Å²) in [5, 5.41) is 12.7. The number of ether oxygens (including phenoxy) is 1. The van der Waals surface area contributed by atoms with Crippen LogP contribution < -0.4 is 14.8 Å². The Kier molecular flexibility index (Phi) is 7.37. The summed E-state index contributed by atoms with van der Waals surface area (Å²) in [6.07, 6.45) is -0.364. The van der Waals surface area contributed by atoms with Gasteiger partial charge in [0.2, 0.25) is 0 Å². The Bertz CT molecular complexity index is 1060. The Labute approximate surface area is 187 Å². The number of anilines is 1. The summed E-state index contributed by atoms with van der Waals surface area (Å²) in [6, 6.07) is 8.65. The summed E-state index contributed by atoms with van der Waals surface area (Å²) in [7, 11) is -2.28. The van der Waals surface area contributed by atoms with Gasteiger partial charge in [-0.15, -0.1) is 0 Å². The quantitative estimate of drug-likeness (QED) is 0.578. The second-order valence-corrected chi connectivity index (χ2v) is 9.60. The number of nitrogens with zero attached hydrogens (tertiary/aromatic N) is 1.